The number of carboxylic acid groups (broad SMARTS) is 1. The van der Waals surface area contributed by atoms with E-state index in [2.05, 4.69) is 14.7 Å². The minimum atomic E-state index is -2.14. The summed E-state index contributed by atoms with van der Waals surface area (Å²) >= 11 is 0. The summed E-state index contributed by atoms with van der Waals surface area (Å²) in [6.07, 6.45) is 0.0426. The van der Waals surface area contributed by atoms with Gasteiger partial charge in [0.25, 0.3) is 0 Å². The maximum Gasteiger partial charge on any atom is 0.344 e. The SMILES string of the molecule is COc1cnc(C(F)C(=O)O)cn1. The summed E-state index contributed by atoms with van der Waals surface area (Å²) < 4.78 is 17.4. The largest absolute Gasteiger partial charge is 0.480 e. The lowest BCUT2D eigenvalue weighted by molar-refractivity contribution is -0.143. The molecule has 1 rings (SSSR count). The van der Waals surface area contributed by atoms with Gasteiger partial charge < -0.3 is 9.84 Å². The lowest BCUT2D eigenvalue weighted by atomic mass is 10.3. The van der Waals surface area contributed by atoms with Crippen LogP contribution < -0.4 is 4.74 Å². The maximum atomic E-state index is 12.8. The number of ether oxygens (including phenoxy) is 1. The van der Waals surface area contributed by atoms with Crippen molar-refractivity contribution in [2.75, 3.05) is 7.11 Å². The van der Waals surface area contributed by atoms with Gasteiger partial charge in [0.05, 0.1) is 19.5 Å². The molecule has 0 spiro atoms. The van der Waals surface area contributed by atoms with E-state index in [1.54, 1.807) is 0 Å². The molecule has 1 heterocycles. The monoisotopic (exact) mass is 186 g/mol. The van der Waals surface area contributed by atoms with Crippen LogP contribution in [-0.2, 0) is 4.79 Å². The van der Waals surface area contributed by atoms with Crippen LogP contribution in [0.5, 0.6) is 5.88 Å². The highest BCUT2D eigenvalue weighted by Gasteiger charge is 2.20. The molecule has 0 radical (unpaired) electrons. The zero-order valence-electron chi connectivity index (χ0n) is 6.77. The van der Waals surface area contributed by atoms with Gasteiger partial charge in [-0.25, -0.2) is 14.2 Å². The fourth-order valence-corrected chi connectivity index (χ4v) is 0.689. The number of halogens is 1. The van der Waals surface area contributed by atoms with Crippen LogP contribution in [0.4, 0.5) is 4.39 Å². The Kier molecular flexibility index (Phi) is 2.73. The number of aromatic nitrogens is 2. The van der Waals surface area contributed by atoms with E-state index in [9.17, 15) is 9.18 Å². The second-order valence-corrected chi connectivity index (χ2v) is 2.18. The minimum absolute atomic E-state index is 0.210. The van der Waals surface area contributed by atoms with Crippen LogP contribution in [0.25, 0.3) is 0 Å². The smallest absolute Gasteiger partial charge is 0.344 e. The van der Waals surface area contributed by atoms with Gasteiger partial charge >= 0.3 is 5.97 Å². The molecule has 1 aromatic heterocycles. The Morgan fingerprint density at radius 2 is 2.31 bits per heavy atom. The molecule has 1 atom stereocenters. The summed E-state index contributed by atoms with van der Waals surface area (Å²) in [4.78, 5) is 17.3. The Bertz CT molecular complexity index is 301. The van der Waals surface area contributed by atoms with Crippen molar-refractivity contribution in [2.24, 2.45) is 0 Å². The van der Waals surface area contributed by atoms with Crippen molar-refractivity contribution >= 4 is 5.97 Å². The highest BCUT2D eigenvalue weighted by molar-refractivity contribution is 5.73. The fraction of sp³-hybridized carbons (Fsp3) is 0.286. The van der Waals surface area contributed by atoms with E-state index in [1.165, 1.54) is 7.11 Å². The lowest BCUT2D eigenvalue weighted by Gasteiger charge is -2.02. The van der Waals surface area contributed by atoms with Gasteiger partial charge in [0.1, 0.15) is 5.69 Å². The summed E-state index contributed by atoms with van der Waals surface area (Å²) in [5, 5.41) is 8.29. The fourth-order valence-electron chi connectivity index (χ4n) is 0.689. The summed E-state index contributed by atoms with van der Waals surface area (Å²) in [5.74, 6) is -1.37. The van der Waals surface area contributed by atoms with E-state index in [0.29, 0.717) is 0 Å². The van der Waals surface area contributed by atoms with Gasteiger partial charge in [-0.3, -0.25) is 4.98 Å². The molecule has 0 aliphatic rings. The molecule has 1 N–H and O–H groups in total. The first kappa shape index (κ1) is 9.37. The molecular weight excluding hydrogens is 179 g/mol. The molecule has 1 aromatic rings. The highest BCUT2D eigenvalue weighted by atomic mass is 19.1. The molecule has 1 unspecified atom stereocenters. The number of aliphatic carboxylic acids is 1. The average Bonchev–Trinajstić information content (AvgIpc) is 2.17. The number of hydrogen-bond donors (Lipinski definition) is 1. The predicted molar refractivity (Wildman–Crippen MR) is 40.1 cm³/mol. The van der Waals surface area contributed by atoms with Crippen molar-refractivity contribution in [3.05, 3.63) is 18.1 Å². The van der Waals surface area contributed by atoms with Crippen LogP contribution in [0.3, 0.4) is 0 Å². The van der Waals surface area contributed by atoms with E-state index in [0.717, 1.165) is 12.4 Å². The number of methoxy groups -OCH3 is 1. The molecule has 5 nitrogen and oxygen atoms in total. The third kappa shape index (κ3) is 2.11. The molecule has 0 aliphatic carbocycles. The van der Waals surface area contributed by atoms with Gasteiger partial charge in [0.2, 0.25) is 12.1 Å². The van der Waals surface area contributed by atoms with Gasteiger partial charge in [0, 0.05) is 0 Å². The van der Waals surface area contributed by atoms with Crippen molar-refractivity contribution < 1.29 is 19.0 Å². The molecule has 70 valence electrons. The number of hydrogen-bond acceptors (Lipinski definition) is 4. The molecule has 0 amide bonds. The first-order valence-corrected chi connectivity index (χ1v) is 3.38. The van der Waals surface area contributed by atoms with E-state index in [-0.39, 0.29) is 11.6 Å². The summed E-state index contributed by atoms with van der Waals surface area (Å²) in [7, 11) is 1.38. The molecule has 13 heavy (non-hydrogen) atoms. The summed E-state index contributed by atoms with van der Waals surface area (Å²) in [5.41, 5.74) is -0.242. The zero-order valence-corrected chi connectivity index (χ0v) is 6.77. The van der Waals surface area contributed by atoms with E-state index in [4.69, 9.17) is 5.11 Å². The molecule has 0 fully saturated rings. The van der Waals surface area contributed by atoms with Crippen molar-refractivity contribution in [3.8, 4) is 5.88 Å². The topological polar surface area (TPSA) is 72.3 Å². The van der Waals surface area contributed by atoms with Gasteiger partial charge in [-0.2, -0.15) is 0 Å². The van der Waals surface area contributed by atoms with Gasteiger partial charge in [-0.05, 0) is 0 Å². The van der Waals surface area contributed by atoms with Crippen LogP contribution in [0.2, 0.25) is 0 Å². The number of rotatable bonds is 3. The summed E-state index contributed by atoms with van der Waals surface area (Å²) in [6.45, 7) is 0. The van der Waals surface area contributed by atoms with Crippen LogP contribution >= 0.6 is 0 Å². The Morgan fingerprint density at radius 3 is 2.69 bits per heavy atom. The van der Waals surface area contributed by atoms with Crippen LogP contribution in [0.15, 0.2) is 12.4 Å². The average molecular weight is 186 g/mol. The first-order chi connectivity index (χ1) is 6.15. The third-order valence-corrected chi connectivity index (χ3v) is 1.33. The van der Waals surface area contributed by atoms with E-state index < -0.39 is 12.1 Å². The third-order valence-electron chi connectivity index (χ3n) is 1.33. The lowest BCUT2D eigenvalue weighted by Crippen LogP contribution is -2.08. The molecular formula is C7H7FN2O3. The van der Waals surface area contributed by atoms with Crippen molar-refractivity contribution in [2.45, 2.75) is 6.17 Å². The maximum absolute atomic E-state index is 12.8. The molecule has 0 saturated carbocycles. The Hall–Kier alpha value is -1.72. The normalized spacial score (nSPS) is 12.2. The molecule has 0 saturated heterocycles. The van der Waals surface area contributed by atoms with Crippen LogP contribution in [0, 0.1) is 0 Å². The van der Waals surface area contributed by atoms with Crippen molar-refractivity contribution in [1.82, 2.24) is 9.97 Å². The van der Waals surface area contributed by atoms with E-state index >= 15 is 0 Å². The Morgan fingerprint density at radius 1 is 1.62 bits per heavy atom. The predicted octanol–water partition coefficient (Wildman–Crippen LogP) is 0.580. The van der Waals surface area contributed by atoms with Crippen LogP contribution in [-0.4, -0.2) is 28.2 Å². The quantitative estimate of drug-likeness (QED) is 0.747. The van der Waals surface area contributed by atoms with Gasteiger partial charge in [-0.1, -0.05) is 0 Å². The zero-order chi connectivity index (χ0) is 9.84. The molecule has 6 heteroatoms. The number of nitrogens with zero attached hydrogens (tertiary/aromatic N) is 2. The molecule has 0 aromatic carbocycles. The second-order valence-electron chi connectivity index (χ2n) is 2.18. The van der Waals surface area contributed by atoms with Gasteiger partial charge in [0.15, 0.2) is 0 Å². The molecule has 0 bridgehead atoms. The van der Waals surface area contributed by atoms with Gasteiger partial charge in [-0.15, -0.1) is 0 Å². The number of carbonyl (C=O) groups is 1. The molecule has 0 aliphatic heterocycles. The van der Waals surface area contributed by atoms with Crippen molar-refractivity contribution in [1.29, 1.82) is 0 Å². The minimum Gasteiger partial charge on any atom is -0.480 e. The Balaban J connectivity index is 2.85. The number of alkyl halides is 1. The van der Waals surface area contributed by atoms with E-state index in [1.807, 2.05) is 0 Å². The highest BCUT2D eigenvalue weighted by Crippen LogP contribution is 2.15. The van der Waals surface area contributed by atoms with Crippen LogP contribution in [0.1, 0.15) is 11.9 Å². The van der Waals surface area contributed by atoms with Crippen molar-refractivity contribution in [3.63, 3.8) is 0 Å². The Labute approximate surface area is 73.2 Å². The standard InChI is InChI=1S/C7H7FN2O3/c1-13-5-3-9-4(2-10-5)6(8)7(11)12/h2-3,6H,1H3,(H,11,12). The second kappa shape index (κ2) is 3.79. The summed E-state index contributed by atoms with van der Waals surface area (Å²) in [6, 6.07) is 0. The first-order valence-electron chi connectivity index (χ1n) is 3.38. The number of carboxylic acids is 1.